The molecule has 90 valence electrons. The van der Waals surface area contributed by atoms with Crippen LogP contribution in [0.25, 0.3) is 0 Å². The molecular formula is C10H21NO4. The quantitative estimate of drug-likeness (QED) is 0.631. The third-order valence-electron chi connectivity index (χ3n) is 2.72. The van der Waals surface area contributed by atoms with Gasteiger partial charge in [-0.2, -0.15) is 0 Å². The van der Waals surface area contributed by atoms with Gasteiger partial charge in [-0.15, -0.1) is 0 Å². The Balaban J connectivity index is 2.32. The first-order valence-electron chi connectivity index (χ1n) is 5.31. The number of hydrogen-bond donors (Lipinski definition) is 2. The molecule has 0 aromatic heterocycles. The molecule has 0 aliphatic carbocycles. The summed E-state index contributed by atoms with van der Waals surface area (Å²) < 4.78 is 15.8. The summed E-state index contributed by atoms with van der Waals surface area (Å²) in [5.41, 5.74) is 5.39. The number of hydrogen-bond acceptors (Lipinski definition) is 5. The van der Waals surface area contributed by atoms with Gasteiger partial charge < -0.3 is 25.1 Å². The standard InChI is InChI=1S/C10H21NO4/c1-13-6-9(12)7-15-10(8-11)2-4-14-5-3-10/h9,12H,2-8,11H2,1H3. The van der Waals surface area contributed by atoms with Crippen molar-refractivity contribution in [2.24, 2.45) is 5.73 Å². The highest BCUT2D eigenvalue weighted by Gasteiger charge is 2.32. The molecule has 0 amide bonds. The molecule has 1 unspecified atom stereocenters. The van der Waals surface area contributed by atoms with Crippen LogP contribution in [0.15, 0.2) is 0 Å². The lowest BCUT2D eigenvalue weighted by atomic mass is 9.94. The Morgan fingerprint density at radius 3 is 2.60 bits per heavy atom. The fourth-order valence-electron chi connectivity index (χ4n) is 1.66. The van der Waals surface area contributed by atoms with Crippen LogP contribution < -0.4 is 5.73 Å². The molecule has 3 N–H and O–H groups in total. The van der Waals surface area contributed by atoms with Gasteiger partial charge in [-0.3, -0.25) is 0 Å². The summed E-state index contributed by atoms with van der Waals surface area (Å²) in [6, 6.07) is 0. The second kappa shape index (κ2) is 6.40. The molecular weight excluding hydrogens is 198 g/mol. The zero-order chi connectivity index (χ0) is 11.1. The zero-order valence-electron chi connectivity index (χ0n) is 9.28. The molecule has 0 radical (unpaired) electrons. The summed E-state index contributed by atoms with van der Waals surface area (Å²) in [5.74, 6) is 0. The number of nitrogens with two attached hydrogens (primary N) is 1. The summed E-state index contributed by atoms with van der Waals surface area (Å²) in [6.45, 7) is 2.38. The molecule has 0 bridgehead atoms. The first-order valence-corrected chi connectivity index (χ1v) is 5.31. The molecule has 1 atom stereocenters. The van der Waals surface area contributed by atoms with Gasteiger partial charge in [0.05, 0.1) is 18.8 Å². The van der Waals surface area contributed by atoms with E-state index in [2.05, 4.69) is 0 Å². The van der Waals surface area contributed by atoms with Crippen LogP contribution in [0.2, 0.25) is 0 Å². The monoisotopic (exact) mass is 219 g/mol. The molecule has 1 aliphatic heterocycles. The van der Waals surface area contributed by atoms with Crippen LogP contribution >= 0.6 is 0 Å². The average molecular weight is 219 g/mol. The van der Waals surface area contributed by atoms with Gasteiger partial charge in [0.25, 0.3) is 0 Å². The Morgan fingerprint density at radius 1 is 1.40 bits per heavy atom. The van der Waals surface area contributed by atoms with Crippen LogP contribution in [0.3, 0.4) is 0 Å². The predicted molar refractivity (Wildman–Crippen MR) is 55.7 cm³/mol. The summed E-state index contributed by atoms with van der Waals surface area (Å²) in [5, 5.41) is 9.47. The number of rotatable bonds is 6. The molecule has 1 rings (SSSR count). The van der Waals surface area contributed by atoms with Crippen molar-refractivity contribution in [3.63, 3.8) is 0 Å². The molecule has 0 spiro atoms. The molecule has 0 aromatic carbocycles. The maximum absolute atomic E-state index is 9.47. The van der Waals surface area contributed by atoms with Crippen molar-refractivity contribution >= 4 is 0 Å². The summed E-state index contributed by atoms with van der Waals surface area (Å²) in [4.78, 5) is 0. The van der Waals surface area contributed by atoms with Gasteiger partial charge in [0.15, 0.2) is 0 Å². The Kier molecular flexibility index (Phi) is 5.49. The smallest absolute Gasteiger partial charge is 0.101 e. The van der Waals surface area contributed by atoms with Crippen LogP contribution in [0.4, 0.5) is 0 Å². The van der Waals surface area contributed by atoms with Gasteiger partial charge in [-0.05, 0) is 0 Å². The summed E-state index contributed by atoms with van der Waals surface area (Å²) >= 11 is 0. The van der Waals surface area contributed by atoms with Crippen molar-refractivity contribution in [3.8, 4) is 0 Å². The topological polar surface area (TPSA) is 73.9 Å². The minimum Gasteiger partial charge on any atom is -0.388 e. The molecule has 1 heterocycles. The van der Waals surface area contributed by atoms with Crippen LogP contribution in [0.5, 0.6) is 0 Å². The van der Waals surface area contributed by atoms with E-state index in [9.17, 15) is 5.11 Å². The van der Waals surface area contributed by atoms with E-state index in [1.165, 1.54) is 0 Å². The molecule has 0 saturated carbocycles. The minimum atomic E-state index is -0.582. The van der Waals surface area contributed by atoms with Crippen LogP contribution in [-0.2, 0) is 14.2 Å². The van der Waals surface area contributed by atoms with Crippen molar-refractivity contribution in [2.45, 2.75) is 24.5 Å². The number of ether oxygens (including phenoxy) is 3. The Morgan fingerprint density at radius 2 is 2.07 bits per heavy atom. The molecule has 0 aromatic rings. The van der Waals surface area contributed by atoms with Crippen LogP contribution in [-0.4, -0.2) is 56.9 Å². The first kappa shape index (κ1) is 12.9. The van der Waals surface area contributed by atoms with Gasteiger partial charge in [0, 0.05) is 39.7 Å². The van der Waals surface area contributed by atoms with Gasteiger partial charge in [-0.25, -0.2) is 0 Å². The molecule has 1 aliphatic rings. The normalized spacial score (nSPS) is 22.6. The van der Waals surface area contributed by atoms with E-state index in [0.29, 0.717) is 19.8 Å². The van der Waals surface area contributed by atoms with Gasteiger partial charge in [0.2, 0.25) is 0 Å². The third kappa shape index (κ3) is 4.04. The number of aliphatic hydroxyl groups excluding tert-OH is 1. The summed E-state index contributed by atoms with van der Waals surface area (Å²) in [7, 11) is 1.55. The highest BCUT2D eigenvalue weighted by molar-refractivity contribution is 4.84. The molecule has 15 heavy (non-hydrogen) atoms. The Bertz CT molecular complexity index is 171. The second-order valence-corrected chi connectivity index (χ2v) is 3.92. The van der Waals surface area contributed by atoms with Crippen molar-refractivity contribution in [1.29, 1.82) is 0 Å². The number of methoxy groups -OCH3 is 1. The van der Waals surface area contributed by atoms with Crippen molar-refractivity contribution in [3.05, 3.63) is 0 Å². The minimum absolute atomic E-state index is 0.269. The third-order valence-corrected chi connectivity index (χ3v) is 2.72. The Labute approximate surface area is 90.5 Å². The fraction of sp³-hybridized carbons (Fsp3) is 1.00. The van der Waals surface area contributed by atoms with Crippen molar-refractivity contribution in [2.75, 3.05) is 40.1 Å². The Hall–Kier alpha value is -0.200. The van der Waals surface area contributed by atoms with E-state index in [4.69, 9.17) is 19.9 Å². The highest BCUT2D eigenvalue weighted by atomic mass is 16.5. The summed E-state index contributed by atoms with van der Waals surface area (Å²) in [6.07, 6.45) is 1.01. The lowest BCUT2D eigenvalue weighted by Crippen LogP contribution is -2.47. The molecule has 1 saturated heterocycles. The predicted octanol–water partition coefficient (Wildman–Crippen LogP) is -0.482. The maximum Gasteiger partial charge on any atom is 0.101 e. The van der Waals surface area contributed by atoms with E-state index in [-0.39, 0.29) is 18.8 Å². The second-order valence-electron chi connectivity index (χ2n) is 3.92. The van der Waals surface area contributed by atoms with Gasteiger partial charge >= 0.3 is 0 Å². The molecule has 1 fully saturated rings. The van der Waals surface area contributed by atoms with Crippen LogP contribution in [0, 0.1) is 0 Å². The lowest BCUT2D eigenvalue weighted by molar-refractivity contribution is -0.130. The lowest BCUT2D eigenvalue weighted by Gasteiger charge is -2.36. The zero-order valence-corrected chi connectivity index (χ0v) is 9.28. The highest BCUT2D eigenvalue weighted by Crippen LogP contribution is 2.24. The SMILES string of the molecule is COCC(O)COC1(CN)CCOCC1. The fourth-order valence-corrected chi connectivity index (χ4v) is 1.66. The molecule has 5 heteroatoms. The van der Waals surface area contributed by atoms with E-state index < -0.39 is 6.10 Å². The van der Waals surface area contributed by atoms with E-state index >= 15 is 0 Å². The van der Waals surface area contributed by atoms with Crippen molar-refractivity contribution in [1.82, 2.24) is 0 Å². The largest absolute Gasteiger partial charge is 0.388 e. The average Bonchev–Trinajstić information content (AvgIpc) is 2.28. The van der Waals surface area contributed by atoms with Gasteiger partial charge in [0.1, 0.15) is 6.10 Å². The van der Waals surface area contributed by atoms with Crippen LogP contribution in [0.1, 0.15) is 12.8 Å². The molecule has 5 nitrogen and oxygen atoms in total. The van der Waals surface area contributed by atoms with E-state index in [0.717, 1.165) is 12.8 Å². The van der Waals surface area contributed by atoms with Crippen molar-refractivity contribution < 1.29 is 19.3 Å². The van der Waals surface area contributed by atoms with Gasteiger partial charge in [-0.1, -0.05) is 0 Å². The number of aliphatic hydroxyl groups is 1. The van der Waals surface area contributed by atoms with E-state index in [1.54, 1.807) is 7.11 Å². The maximum atomic E-state index is 9.47. The van der Waals surface area contributed by atoms with E-state index in [1.807, 2.05) is 0 Å². The first-order chi connectivity index (χ1) is 7.22.